The van der Waals surface area contributed by atoms with Gasteiger partial charge in [0.15, 0.2) is 0 Å². The van der Waals surface area contributed by atoms with Crippen LogP contribution in [0.5, 0.6) is 0 Å². The van der Waals surface area contributed by atoms with E-state index in [9.17, 15) is 0 Å². The summed E-state index contributed by atoms with van der Waals surface area (Å²) in [5.74, 6) is 0. The molecule has 0 unspecified atom stereocenters. The van der Waals surface area contributed by atoms with Gasteiger partial charge in [0, 0.05) is 0 Å². The predicted molar refractivity (Wildman–Crippen MR) is 103 cm³/mol. The van der Waals surface area contributed by atoms with Crippen LogP contribution in [0.3, 0.4) is 0 Å². The van der Waals surface area contributed by atoms with E-state index in [1.54, 1.807) is 0 Å². The summed E-state index contributed by atoms with van der Waals surface area (Å²) in [6, 6.07) is 0. The van der Waals surface area contributed by atoms with E-state index in [1.165, 1.54) is 96.3 Å². The zero-order valence-electron chi connectivity index (χ0n) is 16.6. The van der Waals surface area contributed by atoms with Crippen molar-refractivity contribution >= 4 is 0 Å². The third-order valence-corrected chi connectivity index (χ3v) is 3.00. The molecule has 0 atom stereocenters. The first-order valence-corrected chi connectivity index (χ1v) is 10.2. The Bertz CT molecular complexity index is 69.4. The van der Waals surface area contributed by atoms with Gasteiger partial charge in [0.25, 0.3) is 0 Å². The Kier molecular flexibility index (Phi) is 39.6. The molecule has 132 valence electrons. The number of hydrogen-bond acceptors (Lipinski definition) is 0. The van der Waals surface area contributed by atoms with Crippen molar-refractivity contribution in [3.63, 3.8) is 0 Å². The van der Waals surface area contributed by atoms with E-state index in [-0.39, 0.29) is 0 Å². The van der Waals surface area contributed by atoms with Crippen molar-refractivity contribution in [2.45, 2.75) is 138 Å². The van der Waals surface area contributed by atoms with Crippen LogP contribution in [-0.2, 0) is 0 Å². The van der Waals surface area contributed by atoms with E-state index in [0.29, 0.717) is 0 Å². The highest BCUT2D eigenvalue weighted by molar-refractivity contribution is 4.51. The van der Waals surface area contributed by atoms with Crippen LogP contribution in [-0.4, -0.2) is 0 Å². The first-order chi connectivity index (χ1) is 10.2. The fraction of sp³-hybridized carbons (Fsp3) is 1.00. The van der Waals surface area contributed by atoms with Gasteiger partial charge in [0.2, 0.25) is 0 Å². The van der Waals surface area contributed by atoms with Crippen molar-refractivity contribution in [1.82, 2.24) is 0 Å². The van der Waals surface area contributed by atoms with Crippen LogP contribution in [0.2, 0.25) is 0 Å². The van der Waals surface area contributed by atoms with Crippen molar-refractivity contribution in [2.24, 2.45) is 0 Å². The lowest BCUT2D eigenvalue weighted by molar-refractivity contribution is 0.504. The molecule has 2 fully saturated rings. The van der Waals surface area contributed by atoms with Gasteiger partial charge in [-0.3, -0.25) is 0 Å². The number of hydrogen-bond donors (Lipinski definition) is 0. The zero-order valence-corrected chi connectivity index (χ0v) is 16.6. The van der Waals surface area contributed by atoms with Gasteiger partial charge in [0.05, 0.1) is 0 Å². The smallest absolute Gasteiger partial charge is 0.0533 e. The highest BCUT2D eigenvalue weighted by Crippen LogP contribution is 2.15. The molecule has 0 aliphatic heterocycles. The molecule has 0 heteroatoms. The molecule has 0 spiro atoms. The Morgan fingerprint density at radius 3 is 0.381 bits per heavy atom. The van der Waals surface area contributed by atoms with Crippen molar-refractivity contribution < 1.29 is 0 Å². The second-order valence-corrected chi connectivity index (χ2v) is 6.36. The second-order valence-electron chi connectivity index (χ2n) is 6.36. The minimum atomic E-state index is 1.25. The molecule has 0 aromatic carbocycles. The molecule has 0 saturated heterocycles. The molecule has 0 aromatic heterocycles. The molecule has 0 nitrogen and oxygen atoms in total. The minimum Gasteiger partial charge on any atom is -0.0656 e. The van der Waals surface area contributed by atoms with Crippen LogP contribution in [0, 0.1) is 0 Å². The van der Waals surface area contributed by atoms with Crippen LogP contribution in [0.15, 0.2) is 0 Å². The zero-order chi connectivity index (χ0) is 16.6. The van der Waals surface area contributed by atoms with E-state index < -0.39 is 0 Å². The second kappa shape index (κ2) is 32.1. The SMILES string of the molecule is C1CCCCC1.C1CCCCC1.CCC.CCC.CCC. The van der Waals surface area contributed by atoms with Gasteiger partial charge < -0.3 is 0 Å². The van der Waals surface area contributed by atoms with Gasteiger partial charge in [-0.15, -0.1) is 0 Å². The van der Waals surface area contributed by atoms with Gasteiger partial charge >= 0.3 is 0 Å². The maximum absolute atomic E-state index is 2.12. The molecule has 0 radical (unpaired) electrons. The molecule has 2 saturated carbocycles. The molecule has 2 aliphatic carbocycles. The van der Waals surface area contributed by atoms with Crippen LogP contribution in [0.1, 0.15) is 138 Å². The van der Waals surface area contributed by atoms with E-state index in [2.05, 4.69) is 41.5 Å². The van der Waals surface area contributed by atoms with Gasteiger partial charge in [-0.2, -0.15) is 0 Å². The molecule has 0 heterocycles. The summed E-state index contributed by atoms with van der Waals surface area (Å²) in [5.41, 5.74) is 0. The molecular formula is C21H48. The van der Waals surface area contributed by atoms with E-state index in [0.717, 1.165) is 0 Å². The summed E-state index contributed by atoms with van der Waals surface area (Å²) in [5, 5.41) is 0. The summed E-state index contributed by atoms with van der Waals surface area (Å²) >= 11 is 0. The fourth-order valence-corrected chi connectivity index (χ4v) is 2.12. The molecule has 0 amide bonds. The van der Waals surface area contributed by atoms with Gasteiger partial charge in [-0.25, -0.2) is 0 Å². The Morgan fingerprint density at radius 1 is 0.286 bits per heavy atom. The predicted octanol–water partition coefficient (Wildman–Crippen LogP) is 8.93. The van der Waals surface area contributed by atoms with Crippen LogP contribution < -0.4 is 0 Å². The van der Waals surface area contributed by atoms with E-state index in [1.807, 2.05) is 0 Å². The van der Waals surface area contributed by atoms with Crippen molar-refractivity contribution in [2.75, 3.05) is 0 Å². The van der Waals surface area contributed by atoms with Crippen LogP contribution in [0.25, 0.3) is 0 Å². The van der Waals surface area contributed by atoms with E-state index in [4.69, 9.17) is 0 Å². The summed E-state index contributed by atoms with van der Waals surface area (Å²) in [7, 11) is 0. The minimum absolute atomic E-state index is 1.25. The molecule has 0 N–H and O–H groups in total. The Morgan fingerprint density at radius 2 is 0.333 bits per heavy atom. The Balaban J connectivity index is -0.000000204. The normalized spacial score (nSPS) is 16.3. The summed E-state index contributed by atoms with van der Waals surface area (Å²) < 4.78 is 0. The standard InChI is InChI=1S/2C6H12.3C3H8/c2*1-2-4-6-5-3-1;3*1-3-2/h2*1-6H2;3*3H2,1-2H3. The molecule has 0 bridgehead atoms. The fourth-order valence-electron chi connectivity index (χ4n) is 2.12. The maximum Gasteiger partial charge on any atom is -0.0533 e. The lowest BCUT2D eigenvalue weighted by Gasteiger charge is -2.05. The van der Waals surface area contributed by atoms with Crippen molar-refractivity contribution in [3.8, 4) is 0 Å². The molecule has 2 aliphatic rings. The molecular weight excluding hydrogens is 252 g/mol. The molecule has 0 aromatic rings. The monoisotopic (exact) mass is 300 g/mol. The highest BCUT2D eigenvalue weighted by atomic mass is 14.0. The average molecular weight is 301 g/mol. The van der Waals surface area contributed by atoms with Gasteiger partial charge in [-0.05, 0) is 0 Å². The van der Waals surface area contributed by atoms with Crippen molar-refractivity contribution in [1.29, 1.82) is 0 Å². The van der Waals surface area contributed by atoms with Crippen LogP contribution in [0.4, 0.5) is 0 Å². The summed E-state index contributed by atoms with van der Waals surface area (Å²) in [4.78, 5) is 0. The third-order valence-electron chi connectivity index (χ3n) is 3.00. The quantitative estimate of drug-likeness (QED) is 0.419. The summed E-state index contributed by atoms with van der Waals surface area (Å²) in [6.45, 7) is 12.8. The highest BCUT2D eigenvalue weighted by Gasteiger charge is 1.96. The Hall–Kier alpha value is 0. The van der Waals surface area contributed by atoms with Crippen molar-refractivity contribution in [3.05, 3.63) is 0 Å². The van der Waals surface area contributed by atoms with E-state index >= 15 is 0 Å². The largest absolute Gasteiger partial charge is 0.0656 e. The lowest BCUT2D eigenvalue weighted by atomic mass is 10.0. The molecule has 2 rings (SSSR count). The first kappa shape index (κ1) is 25.9. The first-order valence-electron chi connectivity index (χ1n) is 10.2. The van der Waals surface area contributed by atoms with Crippen LogP contribution >= 0.6 is 0 Å². The van der Waals surface area contributed by atoms with Gasteiger partial charge in [0.1, 0.15) is 0 Å². The lowest BCUT2D eigenvalue weighted by Crippen LogP contribution is -1.85. The Labute approximate surface area is 138 Å². The average Bonchev–Trinajstić information content (AvgIpc) is 2.54. The number of rotatable bonds is 0. The summed E-state index contributed by atoms with van der Waals surface area (Å²) in [6.07, 6.45) is 21.8. The van der Waals surface area contributed by atoms with Gasteiger partial charge in [-0.1, -0.05) is 138 Å². The topological polar surface area (TPSA) is 0 Å². The maximum atomic E-state index is 2.12. The third kappa shape index (κ3) is 45.0. The molecule has 21 heavy (non-hydrogen) atoms.